The molecule has 192 valence electrons. The summed E-state index contributed by atoms with van der Waals surface area (Å²) in [4.78, 5) is 43.6. The van der Waals surface area contributed by atoms with Crippen LogP contribution in [0.1, 0.15) is 83.7 Å². The molecule has 0 heterocycles. The van der Waals surface area contributed by atoms with Gasteiger partial charge in [0.05, 0.1) is 5.56 Å². The maximum atomic E-state index is 12.9. The second kappa shape index (κ2) is 11.3. The Bertz CT molecular complexity index is 1280. The molecule has 0 aliphatic heterocycles. The molecule has 0 bridgehead atoms. The van der Waals surface area contributed by atoms with Gasteiger partial charge in [-0.05, 0) is 35.0 Å². The summed E-state index contributed by atoms with van der Waals surface area (Å²) >= 11 is 0. The first-order chi connectivity index (χ1) is 17.4. The zero-order valence-corrected chi connectivity index (χ0v) is 22.2. The molecule has 37 heavy (non-hydrogen) atoms. The number of Topliss-reactive ketones (excluding diaryl/α,β-unsaturated/α-hetero) is 2. The zero-order chi connectivity index (χ0) is 27.2. The van der Waals surface area contributed by atoms with Crippen LogP contribution >= 0.6 is 0 Å². The van der Waals surface area contributed by atoms with E-state index in [1.54, 1.807) is 48.5 Å². The highest BCUT2D eigenvalue weighted by Crippen LogP contribution is 2.23. The van der Waals surface area contributed by atoms with Crippen LogP contribution in [0.4, 0.5) is 0 Å². The van der Waals surface area contributed by atoms with Crippen LogP contribution in [0.25, 0.3) is 0 Å². The number of esters is 1. The summed E-state index contributed by atoms with van der Waals surface area (Å²) in [6.07, 6.45) is 0. The van der Waals surface area contributed by atoms with Gasteiger partial charge in [-0.1, -0.05) is 96.1 Å². The van der Waals surface area contributed by atoms with Gasteiger partial charge in [0.15, 0.2) is 11.6 Å². The molecule has 0 atom stereocenters. The van der Waals surface area contributed by atoms with Gasteiger partial charge in [0.2, 0.25) is 0 Å². The number of carbonyl (C=O) groups is 3. The van der Waals surface area contributed by atoms with Gasteiger partial charge in [0.25, 0.3) is 5.90 Å². The van der Waals surface area contributed by atoms with E-state index >= 15 is 0 Å². The highest BCUT2D eigenvalue weighted by Gasteiger charge is 2.24. The third kappa shape index (κ3) is 7.46. The average molecular weight is 500 g/mol. The lowest BCUT2D eigenvalue weighted by Gasteiger charge is -2.17. The third-order valence-electron chi connectivity index (χ3n) is 5.55. The van der Waals surface area contributed by atoms with Gasteiger partial charge in [-0.25, -0.2) is 4.79 Å². The summed E-state index contributed by atoms with van der Waals surface area (Å²) in [7, 11) is 0. The number of hydrogen-bond donors (Lipinski definition) is 0. The summed E-state index contributed by atoms with van der Waals surface area (Å²) in [5.41, 5.74) is 1.66. The quantitative estimate of drug-likeness (QED) is 0.116. The molecule has 3 aromatic carbocycles. The van der Waals surface area contributed by atoms with E-state index in [2.05, 4.69) is 5.16 Å². The maximum Gasteiger partial charge on any atom is 0.344 e. The minimum Gasteiger partial charge on any atom is -0.400 e. The fourth-order valence-corrected chi connectivity index (χ4v) is 3.40. The first-order valence-corrected chi connectivity index (χ1v) is 12.1. The Morgan fingerprint density at radius 3 is 1.51 bits per heavy atom. The van der Waals surface area contributed by atoms with Crippen molar-refractivity contribution in [3.8, 4) is 0 Å². The Morgan fingerprint density at radius 2 is 1.05 bits per heavy atom. The topological polar surface area (TPSA) is 82.0 Å². The van der Waals surface area contributed by atoms with E-state index in [1.807, 2.05) is 71.9 Å². The van der Waals surface area contributed by atoms with Crippen LogP contribution in [0.2, 0.25) is 0 Å². The van der Waals surface area contributed by atoms with E-state index in [-0.39, 0.29) is 29.6 Å². The van der Waals surface area contributed by atoms with Crippen molar-refractivity contribution in [3.63, 3.8) is 0 Å². The van der Waals surface area contributed by atoms with Crippen molar-refractivity contribution >= 4 is 23.4 Å². The van der Waals surface area contributed by atoms with Gasteiger partial charge < -0.3 is 9.57 Å². The van der Waals surface area contributed by atoms with E-state index in [0.29, 0.717) is 16.7 Å². The zero-order valence-electron chi connectivity index (χ0n) is 22.2. The molecule has 0 amide bonds. The lowest BCUT2D eigenvalue weighted by molar-refractivity contribution is 0.0683. The molecule has 0 aliphatic rings. The van der Waals surface area contributed by atoms with Gasteiger partial charge in [0, 0.05) is 27.5 Å². The molecule has 0 fully saturated rings. The minimum absolute atomic E-state index is 0.000227. The molecule has 3 aromatic rings. The predicted octanol–water partition coefficient (Wildman–Crippen LogP) is 6.88. The van der Waals surface area contributed by atoms with Crippen molar-refractivity contribution < 1.29 is 24.0 Å². The number of nitrogens with zero attached hydrogens (tertiary/aromatic N) is 1. The van der Waals surface area contributed by atoms with Crippen molar-refractivity contribution in [2.75, 3.05) is 0 Å². The molecule has 0 aromatic heterocycles. The van der Waals surface area contributed by atoms with Crippen molar-refractivity contribution in [2.24, 2.45) is 16.0 Å². The Balaban J connectivity index is 1.84. The van der Waals surface area contributed by atoms with E-state index in [9.17, 15) is 14.4 Å². The van der Waals surface area contributed by atoms with Crippen LogP contribution in [-0.2, 0) is 16.2 Å². The molecule has 0 radical (unpaired) electrons. The Labute approximate surface area is 218 Å². The first kappa shape index (κ1) is 27.5. The number of carbonyl (C=O) groups excluding carboxylic acids is 3. The number of rotatable bonds is 7. The predicted molar refractivity (Wildman–Crippen MR) is 144 cm³/mol. The number of ketones is 2. The minimum atomic E-state index is -0.647. The van der Waals surface area contributed by atoms with Gasteiger partial charge in [0.1, 0.15) is 6.61 Å². The average Bonchev–Trinajstić information content (AvgIpc) is 2.87. The second-order valence-corrected chi connectivity index (χ2v) is 10.9. The largest absolute Gasteiger partial charge is 0.400 e. The fraction of sp³-hybridized carbons (Fsp3) is 0.290. The van der Waals surface area contributed by atoms with Gasteiger partial charge in [-0.15, -0.1) is 0 Å². The summed E-state index contributed by atoms with van der Waals surface area (Å²) < 4.78 is 5.61. The number of hydrogen-bond acceptors (Lipinski definition) is 6. The van der Waals surface area contributed by atoms with Gasteiger partial charge in [-0.2, -0.15) is 0 Å². The summed E-state index contributed by atoms with van der Waals surface area (Å²) in [5, 5.41) is 4.09. The van der Waals surface area contributed by atoms with Crippen LogP contribution in [0.15, 0.2) is 84.0 Å². The van der Waals surface area contributed by atoms with E-state index in [0.717, 1.165) is 5.56 Å². The first-order valence-electron chi connectivity index (χ1n) is 12.1. The summed E-state index contributed by atoms with van der Waals surface area (Å²) in [6.45, 7) is 11.3. The molecule has 6 nitrogen and oxygen atoms in total. The Morgan fingerprint density at radius 1 is 0.622 bits per heavy atom. The van der Waals surface area contributed by atoms with Gasteiger partial charge in [-0.3, -0.25) is 9.59 Å². The molecular formula is C31H33NO5. The fourth-order valence-electron chi connectivity index (χ4n) is 3.40. The molecule has 0 saturated heterocycles. The molecular weight excluding hydrogens is 466 g/mol. The highest BCUT2D eigenvalue weighted by atomic mass is 16.7. The van der Waals surface area contributed by atoms with Gasteiger partial charge >= 0.3 is 5.97 Å². The van der Waals surface area contributed by atoms with Crippen LogP contribution < -0.4 is 0 Å². The molecule has 0 spiro atoms. The van der Waals surface area contributed by atoms with Crippen molar-refractivity contribution in [2.45, 2.75) is 48.1 Å². The van der Waals surface area contributed by atoms with Crippen LogP contribution in [0.5, 0.6) is 0 Å². The van der Waals surface area contributed by atoms with Crippen LogP contribution in [0, 0.1) is 10.8 Å². The van der Waals surface area contributed by atoms with E-state index < -0.39 is 16.8 Å². The Hall–Kier alpha value is -4.06. The molecule has 0 N–H and O–H groups in total. The van der Waals surface area contributed by atoms with Crippen LogP contribution in [0.3, 0.4) is 0 Å². The lowest BCUT2D eigenvalue weighted by Crippen LogP contribution is -2.21. The normalized spacial score (nSPS) is 12.1. The van der Waals surface area contributed by atoms with E-state index in [4.69, 9.17) is 9.57 Å². The van der Waals surface area contributed by atoms with Crippen LogP contribution in [-0.4, -0.2) is 23.4 Å². The monoisotopic (exact) mass is 499 g/mol. The molecule has 6 heteroatoms. The van der Waals surface area contributed by atoms with Crippen molar-refractivity contribution in [1.82, 2.24) is 0 Å². The van der Waals surface area contributed by atoms with E-state index in [1.165, 1.54) is 0 Å². The molecule has 0 saturated carbocycles. The second-order valence-electron chi connectivity index (χ2n) is 10.9. The molecule has 0 unspecified atom stereocenters. The third-order valence-corrected chi connectivity index (χ3v) is 5.55. The molecule has 0 aliphatic carbocycles. The standard InChI is InChI=1S/C31H33NO5/c1-30(2,3)26(33)22-12-16-24(17-13-22)28(32-36-20-21-10-8-7-9-11-21)37-29(35)25-18-14-23(15-19-25)27(34)31(4,5)6/h7-19H,20H2,1-6H3. The maximum absolute atomic E-state index is 12.9. The smallest absolute Gasteiger partial charge is 0.344 e. The number of oxime groups is 1. The SMILES string of the molecule is CC(C)(C)C(=O)c1ccc(C(=O)OC(=NOCc2ccccc2)c2ccc(C(=O)C(C)(C)C)cc2)cc1. The number of ether oxygens (including phenoxy) is 1. The summed E-state index contributed by atoms with van der Waals surface area (Å²) in [6, 6.07) is 22.5. The highest BCUT2D eigenvalue weighted by molar-refractivity contribution is 6.06. The van der Waals surface area contributed by atoms with Crippen molar-refractivity contribution in [1.29, 1.82) is 0 Å². The molecule has 3 rings (SSSR count). The summed E-state index contributed by atoms with van der Waals surface area (Å²) in [5.74, 6) is -0.703. The van der Waals surface area contributed by atoms with Crippen molar-refractivity contribution in [3.05, 3.63) is 107 Å². The Kier molecular flexibility index (Phi) is 8.43. The number of benzene rings is 3. The lowest BCUT2D eigenvalue weighted by atomic mass is 9.86.